The van der Waals surface area contributed by atoms with E-state index in [1.54, 1.807) is 0 Å². The zero-order valence-corrected chi connectivity index (χ0v) is 19.9. The first kappa shape index (κ1) is 26.5. The number of nitrogens with one attached hydrogen (secondary N) is 1. The van der Waals surface area contributed by atoms with Crippen molar-refractivity contribution in [2.45, 2.75) is 51.7 Å². The normalized spacial score (nSPS) is 17.2. The Morgan fingerprint density at radius 1 is 1.03 bits per heavy atom. The zero-order valence-electron chi connectivity index (χ0n) is 19.9. The molecule has 1 aliphatic heterocycles. The maximum atomic E-state index is 13.1. The lowest BCUT2D eigenvalue weighted by Gasteiger charge is -2.32. The summed E-state index contributed by atoms with van der Waals surface area (Å²) in [4.78, 5) is 23.9. The lowest BCUT2D eigenvalue weighted by Crippen LogP contribution is -2.41. The van der Waals surface area contributed by atoms with E-state index in [1.165, 1.54) is 12.1 Å². The molecular formula is C25H27BF3NO5. The molecule has 6 nitrogen and oxygen atoms in total. The predicted molar refractivity (Wildman–Crippen MR) is 126 cm³/mol. The summed E-state index contributed by atoms with van der Waals surface area (Å²) in [6, 6.07) is 12.0. The minimum Gasteiger partial charge on any atom is -0.445 e. The van der Waals surface area contributed by atoms with Crippen molar-refractivity contribution in [3.63, 3.8) is 0 Å². The number of alkyl carbamates (subject to hydrolysis) is 1. The molecule has 3 rings (SSSR count). The molecule has 1 saturated heterocycles. The molecule has 1 aliphatic rings. The minimum atomic E-state index is -4.58. The van der Waals surface area contributed by atoms with E-state index in [-0.39, 0.29) is 24.3 Å². The van der Waals surface area contributed by atoms with Gasteiger partial charge in [-0.15, -0.1) is 0 Å². The summed E-state index contributed by atoms with van der Waals surface area (Å²) in [5, 5.41) is 2.62. The Morgan fingerprint density at radius 2 is 1.66 bits per heavy atom. The summed E-state index contributed by atoms with van der Waals surface area (Å²) >= 11 is 0. The van der Waals surface area contributed by atoms with Crippen molar-refractivity contribution in [3.05, 3.63) is 76.3 Å². The number of hydrogen-bond donors (Lipinski definition) is 1. The van der Waals surface area contributed by atoms with Crippen LogP contribution in [0.15, 0.2) is 54.0 Å². The lowest BCUT2D eigenvalue weighted by atomic mass is 9.76. The van der Waals surface area contributed by atoms with Crippen LogP contribution in [0.4, 0.5) is 18.0 Å². The molecule has 0 spiro atoms. The van der Waals surface area contributed by atoms with Crippen molar-refractivity contribution in [1.82, 2.24) is 5.32 Å². The van der Waals surface area contributed by atoms with Gasteiger partial charge in [0.25, 0.3) is 0 Å². The first-order valence-corrected chi connectivity index (χ1v) is 11.0. The number of hydrogen-bond acceptors (Lipinski definition) is 5. The van der Waals surface area contributed by atoms with Crippen molar-refractivity contribution in [2.24, 2.45) is 0 Å². The van der Waals surface area contributed by atoms with Crippen LogP contribution >= 0.6 is 0 Å². The summed E-state index contributed by atoms with van der Waals surface area (Å²) in [6.45, 7) is 7.38. The molecule has 2 aromatic rings. The largest absolute Gasteiger partial charge is 0.492 e. The molecule has 35 heavy (non-hydrogen) atoms. The number of carbonyl (C=O) groups is 2. The smallest absolute Gasteiger partial charge is 0.445 e. The highest BCUT2D eigenvalue weighted by Crippen LogP contribution is 2.39. The molecule has 0 aromatic heterocycles. The molecule has 0 saturated carbocycles. The molecule has 0 aliphatic carbocycles. The van der Waals surface area contributed by atoms with Gasteiger partial charge in [-0.2, -0.15) is 13.2 Å². The fraction of sp³-hybridized carbons (Fsp3) is 0.360. The number of amides is 1. The second kappa shape index (κ2) is 10.3. The monoisotopic (exact) mass is 489 g/mol. The van der Waals surface area contributed by atoms with Crippen molar-refractivity contribution < 1.29 is 36.8 Å². The average molecular weight is 489 g/mol. The Kier molecular flexibility index (Phi) is 7.76. The molecule has 1 N–H and O–H groups in total. The number of ether oxygens (including phenoxy) is 1. The van der Waals surface area contributed by atoms with Gasteiger partial charge in [-0.25, -0.2) is 4.79 Å². The molecule has 0 radical (unpaired) electrons. The maximum absolute atomic E-state index is 13.1. The van der Waals surface area contributed by atoms with Crippen LogP contribution in [-0.2, 0) is 26.8 Å². The second-order valence-corrected chi connectivity index (χ2v) is 9.18. The third-order valence-corrected chi connectivity index (χ3v) is 6.09. The second-order valence-electron chi connectivity index (χ2n) is 9.18. The highest BCUT2D eigenvalue weighted by molar-refractivity contribution is 6.56. The number of rotatable bonds is 7. The number of benzene rings is 2. The quantitative estimate of drug-likeness (QED) is 0.413. The first-order valence-electron chi connectivity index (χ1n) is 11.0. The Morgan fingerprint density at radius 3 is 2.23 bits per heavy atom. The van der Waals surface area contributed by atoms with Gasteiger partial charge in [0, 0.05) is 12.1 Å². The van der Waals surface area contributed by atoms with Crippen LogP contribution in [0.5, 0.6) is 0 Å². The van der Waals surface area contributed by atoms with Gasteiger partial charge in [-0.3, -0.25) is 4.79 Å². The van der Waals surface area contributed by atoms with Crippen LogP contribution in [-0.4, -0.2) is 37.2 Å². The summed E-state index contributed by atoms with van der Waals surface area (Å²) in [5.41, 5.74) is -1.03. The highest BCUT2D eigenvalue weighted by atomic mass is 19.4. The predicted octanol–water partition coefficient (Wildman–Crippen LogP) is 5.46. The molecule has 2 aromatic carbocycles. The Hall–Kier alpha value is -3.11. The van der Waals surface area contributed by atoms with Gasteiger partial charge in [-0.05, 0) is 56.4 Å². The average Bonchev–Trinajstić information content (AvgIpc) is 3.01. The van der Waals surface area contributed by atoms with Crippen molar-refractivity contribution in [2.75, 3.05) is 6.54 Å². The molecule has 0 unspecified atom stereocenters. The van der Waals surface area contributed by atoms with Gasteiger partial charge in [0.1, 0.15) is 6.61 Å². The van der Waals surface area contributed by atoms with E-state index in [4.69, 9.17) is 14.0 Å². The number of halogens is 3. The van der Waals surface area contributed by atoms with Crippen LogP contribution < -0.4 is 5.32 Å². The molecular weight excluding hydrogens is 462 g/mol. The molecule has 186 valence electrons. The topological polar surface area (TPSA) is 73.9 Å². The van der Waals surface area contributed by atoms with Crippen LogP contribution in [0.25, 0.3) is 6.08 Å². The van der Waals surface area contributed by atoms with E-state index in [0.29, 0.717) is 11.8 Å². The van der Waals surface area contributed by atoms with Gasteiger partial charge < -0.3 is 19.4 Å². The van der Waals surface area contributed by atoms with E-state index in [9.17, 15) is 22.8 Å². The van der Waals surface area contributed by atoms with E-state index >= 15 is 0 Å². The maximum Gasteiger partial charge on any atom is 0.492 e. The molecule has 0 bridgehead atoms. The molecule has 1 amide bonds. The van der Waals surface area contributed by atoms with E-state index < -0.39 is 36.2 Å². The Bertz CT molecular complexity index is 1080. The van der Waals surface area contributed by atoms with E-state index in [1.807, 2.05) is 58.0 Å². The number of alkyl halides is 3. The summed E-state index contributed by atoms with van der Waals surface area (Å²) < 4.78 is 56.6. The van der Waals surface area contributed by atoms with E-state index in [0.717, 1.165) is 17.7 Å². The van der Waals surface area contributed by atoms with E-state index in [2.05, 4.69) is 5.32 Å². The fourth-order valence-electron chi connectivity index (χ4n) is 3.33. The first-order chi connectivity index (χ1) is 16.3. The lowest BCUT2D eigenvalue weighted by molar-refractivity contribution is -0.137. The SMILES string of the molecule is CC1(C)OB(C(=Cc2ccc(C(F)(F)F)cc2C=O)CNC(=O)OCc2ccccc2)OC1(C)C. The molecule has 1 fully saturated rings. The third-order valence-electron chi connectivity index (χ3n) is 6.09. The van der Waals surface area contributed by atoms with Gasteiger partial charge in [0.05, 0.1) is 16.8 Å². The molecule has 0 atom stereocenters. The standard InChI is InChI=1S/C25H27BF3NO5/c1-23(2)24(3,4)35-26(34-23)21(14-30-22(32)33-16-17-8-6-5-7-9-17)13-18-10-11-20(25(27,28)29)12-19(18)15-31/h5-13,15H,14,16H2,1-4H3,(H,30,32). The summed E-state index contributed by atoms with van der Waals surface area (Å²) in [7, 11) is -0.906. The Labute approximate surface area is 202 Å². The fourth-order valence-corrected chi connectivity index (χ4v) is 3.33. The van der Waals surface area contributed by atoms with Crippen LogP contribution in [0, 0.1) is 0 Å². The van der Waals surface area contributed by atoms with Gasteiger partial charge in [-0.1, -0.05) is 42.5 Å². The van der Waals surface area contributed by atoms with Gasteiger partial charge in [0.2, 0.25) is 0 Å². The third kappa shape index (κ3) is 6.52. The van der Waals surface area contributed by atoms with Crippen molar-refractivity contribution in [1.29, 1.82) is 0 Å². The number of carbonyl (C=O) groups excluding carboxylic acids is 2. The Balaban J connectivity index is 1.84. The van der Waals surface area contributed by atoms with Crippen molar-refractivity contribution in [3.8, 4) is 0 Å². The van der Waals surface area contributed by atoms with Gasteiger partial charge >= 0.3 is 19.4 Å². The van der Waals surface area contributed by atoms with Crippen LogP contribution in [0.3, 0.4) is 0 Å². The van der Waals surface area contributed by atoms with Crippen LogP contribution in [0.1, 0.15) is 54.7 Å². The summed E-state index contributed by atoms with van der Waals surface area (Å²) in [6.07, 6.45) is -3.44. The zero-order chi connectivity index (χ0) is 25.9. The molecule has 10 heteroatoms. The summed E-state index contributed by atoms with van der Waals surface area (Å²) in [5.74, 6) is 0. The molecule has 1 heterocycles. The minimum absolute atomic E-state index is 0.0659. The number of aldehydes is 1. The van der Waals surface area contributed by atoms with Crippen molar-refractivity contribution >= 4 is 25.6 Å². The highest BCUT2D eigenvalue weighted by Gasteiger charge is 2.52. The van der Waals surface area contributed by atoms with Gasteiger partial charge in [0.15, 0.2) is 6.29 Å². The van der Waals surface area contributed by atoms with Crippen LogP contribution in [0.2, 0.25) is 0 Å².